The van der Waals surface area contributed by atoms with Gasteiger partial charge in [0, 0.05) is 30.2 Å². The van der Waals surface area contributed by atoms with Gasteiger partial charge in [-0.1, -0.05) is 28.1 Å². The van der Waals surface area contributed by atoms with Gasteiger partial charge in [-0.3, -0.25) is 0 Å². The highest BCUT2D eigenvalue weighted by Crippen LogP contribution is 2.24. The van der Waals surface area contributed by atoms with E-state index >= 15 is 0 Å². The molecule has 0 aliphatic rings. The van der Waals surface area contributed by atoms with Crippen molar-refractivity contribution in [1.29, 1.82) is 0 Å². The lowest BCUT2D eigenvalue weighted by atomic mass is 10.2. The molecule has 0 unspecified atom stereocenters. The van der Waals surface area contributed by atoms with Crippen LogP contribution in [0.3, 0.4) is 0 Å². The van der Waals surface area contributed by atoms with Crippen molar-refractivity contribution in [2.75, 3.05) is 23.8 Å². The number of hydrogen-bond donors (Lipinski definition) is 1. The second-order valence-electron chi connectivity index (χ2n) is 5.08. The zero-order valence-electron chi connectivity index (χ0n) is 12.9. The highest BCUT2D eigenvalue weighted by molar-refractivity contribution is 9.10. The van der Waals surface area contributed by atoms with Crippen molar-refractivity contribution < 1.29 is 0 Å². The van der Waals surface area contributed by atoms with Crippen LogP contribution >= 0.6 is 15.9 Å². The van der Waals surface area contributed by atoms with Crippen LogP contribution in [0.15, 0.2) is 28.7 Å². The molecule has 0 saturated heterocycles. The van der Waals surface area contributed by atoms with Crippen LogP contribution in [0.4, 0.5) is 11.6 Å². The van der Waals surface area contributed by atoms with Crippen molar-refractivity contribution >= 4 is 27.6 Å². The number of benzene rings is 1. The Morgan fingerprint density at radius 3 is 2.67 bits per heavy atom. The Hall–Kier alpha value is -1.62. The van der Waals surface area contributed by atoms with Gasteiger partial charge < -0.3 is 10.2 Å². The highest BCUT2D eigenvalue weighted by atomic mass is 79.9. The van der Waals surface area contributed by atoms with Gasteiger partial charge in [0.15, 0.2) is 0 Å². The standard InChI is InChI=1S/C16H21BrN4/c1-5-18-15-11(2)16(20-12(3)19-15)21(4)10-13-7-6-8-14(17)9-13/h6-9H,5,10H2,1-4H3,(H,18,19,20). The molecule has 1 N–H and O–H groups in total. The molecule has 0 spiro atoms. The molecule has 112 valence electrons. The minimum atomic E-state index is 0.785. The third-order valence-electron chi connectivity index (χ3n) is 3.25. The number of nitrogens with one attached hydrogen (secondary N) is 1. The highest BCUT2D eigenvalue weighted by Gasteiger charge is 2.13. The lowest BCUT2D eigenvalue weighted by molar-refractivity contribution is 0.868. The molecule has 5 heteroatoms. The summed E-state index contributed by atoms with van der Waals surface area (Å²) >= 11 is 3.51. The normalized spacial score (nSPS) is 10.5. The maximum atomic E-state index is 4.60. The van der Waals surface area contributed by atoms with E-state index < -0.39 is 0 Å². The summed E-state index contributed by atoms with van der Waals surface area (Å²) in [5.41, 5.74) is 2.33. The van der Waals surface area contributed by atoms with Gasteiger partial charge in [0.05, 0.1) is 0 Å². The van der Waals surface area contributed by atoms with Gasteiger partial charge in [-0.05, 0) is 38.5 Å². The van der Waals surface area contributed by atoms with E-state index in [4.69, 9.17) is 0 Å². The topological polar surface area (TPSA) is 41.1 Å². The average molecular weight is 349 g/mol. The fourth-order valence-corrected chi connectivity index (χ4v) is 2.76. The van der Waals surface area contributed by atoms with Crippen LogP contribution in [0, 0.1) is 13.8 Å². The van der Waals surface area contributed by atoms with Gasteiger partial charge in [0.2, 0.25) is 0 Å². The predicted molar refractivity (Wildman–Crippen MR) is 91.9 cm³/mol. The summed E-state index contributed by atoms with van der Waals surface area (Å²) in [5.74, 6) is 2.67. The van der Waals surface area contributed by atoms with Crippen LogP contribution in [-0.4, -0.2) is 23.6 Å². The summed E-state index contributed by atoms with van der Waals surface area (Å²) in [5, 5.41) is 3.30. The molecular formula is C16H21BrN4. The van der Waals surface area contributed by atoms with E-state index in [0.717, 1.165) is 40.6 Å². The number of anilines is 2. The van der Waals surface area contributed by atoms with Crippen molar-refractivity contribution in [3.05, 3.63) is 45.7 Å². The number of halogens is 1. The molecule has 1 aromatic carbocycles. The van der Waals surface area contributed by atoms with Gasteiger partial charge >= 0.3 is 0 Å². The molecule has 4 nitrogen and oxygen atoms in total. The first-order valence-corrected chi connectivity index (χ1v) is 7.85. The predicted octanol–water partition coefficient (Wildman–Crippen LogP) is 3.92. The number of aromatic nitrogens is 2. The van der Waals surface area contributed by atoms with Crippen LogP contribution in [0.5, 0.6) is 0 Å². The average Bonchev–Trinajstić information content (AvgIpc) is 2.42. The third kappa shape index (κ3) is 3.94. The molecular weight excluding hydrogens is 328 g/mol. The van der Waals surface area contributed by atoms with E-state index in [-0.39, 0.29) is 0 Å². The second-order valence-corrected chi connectivity index (χ2v) is 6.00. The molecule has 0 radical (unpaired) electrons. The summed E-state index contributed by atoms with van der Waals surface area (Å²) in [6.45, 7) is 7.72. The fraction of sp³-hybridized carbons (Fsp3) is 0.375. The third-order valence-corrected chi connectivity index (χ3v) is 3.74. The summed E-state index contributed by atoms with van der Waals surface area (Å²) in [6, 6.07) is 8.34. The Labute approximate surface area is 134 Å². The lowest BCUT2D eigenvalue weighted by Crippen LogP contribution is -2.20. The second kappa shape index (κ2) is 6.89. The molecule has 0 aliphatic heterocycles. The Bertz CT molecular complexity index is 628. The van der Waals surface area contributed by atoms with Crippen molar-refractivity contribution in [1.82, 2.24) is 9.97 Å². The van der Waals surface area contributed by atoms with E-state index in [9.17, 15) is 0 Å². The van der Waals surface area contributed by atoms with Gasteiger partial charge in [0.1, 0.15) is 17.5 Å². The molecule has 0 saturated carbocycles. The maximum absolute atomic E-state index is 4.60. The van der Waals surface area contributed by atoms with Crippen LogP contribution in [0.1, 0.15) is 23.9 Å². The minimum absolute atomic E-state index is 0.785. The number of rotatable bonds is 5. The molecule has 0 aliphatic carbocycles. The zero-order valence-corrected chi connectivity index (χ0v) is 14.5. The summed E-state index contributed by atoms with van der Waals surface area (Å²) in [4.78, 5) is 11.2. The van der Waals surface area contributed by atoms with E-state index in [0.29, 0.717) is 0 Å². The van der Waals surface area contributed by atoms with Gasteiger partial charge in [-0.25, -0.2) is 9.97 Å². The number of nitrogens with zero attached hydrogens (tertiary/aromatic N) is 3. The van der Waals surface area contributed by atoms with Gasteiger partial charge in [0.25, 0.3) is 0 Å². The quantitative estimate of drug-likeness (QED) is 0.888. The minimum Gasteiger partial charge on any atom is -0.370 e. The fourth-order valence-electron chi connectivity index (χ4n) is 2.31. The Morgan fingerprint density at radius 2 is 2.00 bits per heavy atom. The van der Waals surface area contributed by atoms with E-state index in [1.54, 1.807) is 0 Å². The lowest BCUT2D eigenvalue weighted by Gasteiger charge is -2.22. The Kier molecular flexibility index (Phi) is 5.17. The first-order chi connectivity index (χ1) is 10.0. The molecule has 0 amide bonds. The Balaban J connectivity index is 2.28. The molecule has 21 heavy (non-hydrogen) atoms. The van der Waals surface area contributed by atoms with E-state index in [1.807, 2.05) is 13.0 Å². The first-order valence-electron chi connectivity index (χ1n) is 7.06. The van der Waals surface area contributed by atoms with Gasteiger partial charge in [-0.15, -0.1) is 0 Å². The van der Waals surface area contributed by atoms with Crippen LogP contribution in [0.25, 0.3) is 0 Å². The maximum Gasteiger partial charge on any atom is 0.137 e. The molecule has 1 heterocycles. The van der Waals surface area contributed by atoms with Crippen molar-refractivity contribution in [3.8, 4) is 0 Å². The summed E-state index contributed by atoms with van der Waals surface area (Å²) < 4.78 is 1.09. The zero-order chi connectivity index (χ0) is 15.4. The van der Waals surface area contributed by atoms with Crippen LogP contribution in [0.2, 0.25) is 0 Å². The number of aryl methyl sites for hydroxylation is 1. The SMILES string of the molecule is CCNc1nc(C)nc(N(C)Cc2cccc(Br)c2)c1C. The van der Waals surface area contributed by atoms with Crippen molar-refractivity contribution in [3.63, 3.8) is 0 Å². The first kappa shape index (κ1) is 15.8. The monoisotopic (exact) mass is 348 g/mol. The summed E-state index contributed by atoms with van der Waals surface area (Å²) in [6.07, 6.45) is 0. The van der Waals surface area contributed by atoms with Crippen LogP contribution < -0.4 is 10.2 Å². The molecule has 0 fully saturated rings. The smallest absolute Gasteiger partial charge is 0.137 e. The number of hydrogen-bond acceptors (Lipinski definition) is 4. The van der Waals surface area contributed by atoms with Crippen molar-refractivity contribution in [2.45, 2.75) is 27.3 Å². The molecule has 2 rings (SSSR count). The molecule has 0 atom stereocenters. The largest absolute Gasteiger partial charge is 0.370 e. The Morgan fingerprint density at radius 1 is 1.24 bits per heavy atom. The summed E-state index contributed by atoms with van der Waals surface area (Å²) in [7, 11) is 2.06. The van der Waals surface area contributed by atoms with Crippen LogP contribution in [-0.2, 0) is 6.54 Å². The molecule has 1 aromatic heterocycles. The van der Waals surface area contributed by atoms with E-state index in [2.05, 4.69) is 75.2 Å². The molecule has 0 bridgehead atoms. The molecule has 2 aromatic rings. The van der Waals surface area contributed by atoms with Crippen molar-refractivity contribution in [2.24, 2.45) is 0 Å². The van der Waals surface area contributed by atoms with Gasteiger partial charge in [-0.2, -0.15) is 0 Å². The van der Waals surface area contributed by atoms with E-state index in [1.165, 1.54) is 5.56 Å².